The van der Waals surface area contributed by atoms with Crippen molar-refractivity contribution in [2.45, 2.75) is 38.7 Å². The first-order chi connectivity index (χ1) is 7.25. The molecule has 1 aromatic heterocycles. The predicted octanol–water partition coefficient (Wildman–Crippen LogP) is 3.18. The van der Waals surface area contributed by atoms with Crippen LogP contribution in [0.3, 0.4) is 0 Å². The highest BCUT2D eigenvalue weighted by Gasteiger charge is 2.22. The van der Waals surface area contributed by atoms with E-state index in [2.05, 4.69) is 11.9 Å². The van der Waals surface area contributed by atoms with E-state index in [0.29, 0.717) is 11.7 Å². The van der Waals surface area contributed by atoms with Crippen LogP contribution in [0.1, 0.15) is 32.6 Å². The van der Waals surface area contributed by atoms with Gasteiger partial charge in [0.15, 0.2) is 0 Å². The fourth-order valence-corrected chi connectivity index (χ4v) is 2.09. The molecule has 82 valence electrons. The maximum absolute atomic E-state index is 12.8. The lowest BCUT2D eigenvalue weighted by molar-refractivity contribution is 0.102. The van der Waals surface area contributed by atoms with Crippen LogP contribution < -0.4 is 4.74 Å². The normalized spacial score (nSPS) is 26.3. The van der Waals surface area contributed by atoms with E-state index >= 15 is 0 Å². The largest absolute Gasteiger partial charge is 0.490 e. The molecule has 1 aliphatic rings. The Bertz CT molecular complexity index is 329. The van der Waals surface area contributed by atoms with Gasteiger partial charge in [-0.2, -0.15) is 4.39 Å². The number of ether oxygens (including phenoxy) is 1. The van der Waals surface area contributed by atoms with Gasteiger partial charge in [0.1, 0.15) is 11.9 Å². The second-order valence-electron chi connectivity index (χ2n) is 4.23. The van der Waals surface area contributed by atoms with Gasteiger partial charge in [0.05, 0.1) is 0 Å². The smallest absolute Gasteiger partial charge is 0.216 e. The molecular weight excluding hydrogens is 193 g/mol. The fraction of sp³-hybridized carbons (Fsp3) is 0.583. The van der Waals surface area contributed by atoms with Gasteiger partial charge in [-0.05, 0) is 31.2 Å². The molecule has 0 saturated heterocycles. The second-order valence-corrected chi connectivity index (χ2v) is 4.23. The van der Waals surface area contributed by atoms with Gasteiger partial charge in [0.25, 0.3) is 0 Å². The number of hydrogen-bond donors (Lipinski definition) is 0. The van der Waals surface area contributed by atoms with Gasteiger partial charge in [0.2, 0.25) is 5.95 Å². The molecule has 15 heavy (non-hydrogen) atoms. The van der Waals surface area contributed by atoms with Crippen LogP contribution in [0.15, 0.2) is 18.3 Å². The van der Waals surface area contributed by atoms with E-state index in [1.54, 1.807) is 6.07 Å². The lowest BCUT2D eigenvalue weighted by atomic mass is 9.88. The molecule has 0 amide bonds. The van der Waals surface area contributed by atoms with Crippen LogP contribution in [-0.2, 0) is 0 Å². The highest BCUT2D eigenvalue weighted by Crippen LogP contribution is 2.27. The Hall–Kier alpha value is -1.12. The van der Waals surface area contributed by atoms with E-state index in [9.17, 15) is 4.39 Å². The van der Waals surface area contributed by atoms with Crippen LogP contribution in [-0.4, -0.2) is 11.1 Å². The highest BCUT2D eigenvalue weighted by atomic mass is 19.1. The van der Waals surface area contributed by atoms with E-state index in [1.165, 1.54) is 31.5 Å². The lowest BCUT2D eigenvalue weighted by Crippen LogP contribution is -2.28. The Kier molecular flexibility index (Phi) is 3.19. The summed E-state index contributed by atoms with van der Waals surface area (Å²) < 4.78 is 18.6. The van der Waals surface area contributed by atoms with Gasteiger partial charge >= 0.3 is 0 Å². The molecule has 1 heterocycles. The molecule has 1 saturated carbocycles. The number of aromatic nitrogens is 1. The van der Waals surface area contributed by atoms with Gasteiger partial charge in [-0.15, -0.1) is 0 Å². The van der Waals surface area contributed by atoms with Crippen molar-refractivity contribution in [1.29, 1.82) is 0 Å². The summed E-state index contributed by atoms with van der Waals surface area (Å²) in [6.45, 7) is 2.20. The van der Waals surface area contributed by atoms with Crippen molar-refractivity contribution in [3.63, 3.8) is 0 Å². The number of halogens is 1. The molecule has 2 rings (SSSR count). The molecule has 2 unspecified atom stereocenters. The maximum Gasteiger partial charge on any atom is 0.216 e. The average molecular weight is 209 g/mol. The van der Waals surface area contributed by atoms with Crippen molar-refractivity contribution < 1.29 is 9.13 Å². The molecule has 0 N–H and O–H groups in total. The average Bonchev–Trinajstić information content (AvgIpc) is 2.22. The van der Waals surface area contributed by atoms with E-state index in [-0.39, 0.29) is 6.10 Å². The number of hydrogen-bond acceptors (Lipinski definition) is 2. The quantitative estimate of drug-likeness (QED) is 0.698. The molecule has 1 aliphatic carbocycles. The van der Waals surface area contributed by atoms with Gasteiger partial charge < -0.3 is 4.74 Å². The molecule has 0 aromatic carbocycles. The molecule has 1 fully saturated rings. The predicted molar refractivity (Wildman–Crippen MR) is 56.2 cm³/mol. The molecule has 2 nitrogen and oxygen atoms in total. The van der Waals surface area contributed by atoms with Crippen molar-refractivity contribution in [2.24, 2.45) is 5.92 Å². The van der Waals surface area contributed by atoms with E-state index in [0.717, 1.165) is 6.42 Å². The fourth-order valence-electron chi connectivity index (χ4n) is 2.09. The lowest BCUT2D eigenvalue weighted by Gasteiger charge is -2.29. The molecule has 1 aromatic rings. The highest BCUT2D eigenvalue weighted by molar-refractivity contribution is 5.18. The Morgan fingerprint density at radius 1 is 1.40 bits per heavy atom. The van der Waals surface area contributed by atoms with Crippen LogP contribution in [0.2, 0.25) is 0 Å². The SMILES string of the molecule is CC1CCCCC1Oc1ccnc(F)c1. The minimum absolute atomic E-state index is 0.237. The number of pyridine rings is 1. The van der Waals surface area contributed by atoms with E-state index in [1.807, 2.05) is 0 Å². The van der Waals surface area contributed by atoms with Crippen LogP contribution in [0.25, 0.3) is 0 Å². The summed E-state index contributed by atoms with van der Waals surface area (Å²) >= 11 is 0. The summed E-state index contributed by atoms with van der Waals surface area (Å²) in [5, 5.41) is 0. The molecule has 2 atom stereocenters. The Labute approximate surface area is 89.5 Å². The summed E-state index contributed by atoms with van der Waals surface area (Å²) in [6, 6.07) is 3.06. The third kappa shape index (κ3) is 2.67. The van der Waals surface area contributed by atoms with Crippen LogP contribution in [0, 0.1) is 11.9 Å². The molecular formula is C12H16FNO. The second kappa shape index (κ2) is 4.60. The molecule has 0 bridgehead atoms. The number of nitrogens with zero attached hydrogens (tertiary/aromatic N) is 1. The Balaban J connectivity index is 2.01. The summed E-state index contributed by atoms with van der Waals surface area (Å²) in [5.74, 6) is 0.687. The minimum atomic E-state index is -0.476. The molecule has 3 heteroatoms. The van der Waals surface area contributed by atoms with Crippen LogP contribution in [0.5, 0.6) is 5.75 Å². The Morgan fingerprint density at radius 3 is 2.93 bits per heavy atom. The van der Waals surface area contributed by atoms with Crippen LogP contribution >= 0.6 is 0 Å². The summed E-state index contributed by atoms with van der Waals surface area (Å²) in [5.41, 5.74) is 0. The summed E-state index contributed by atoms with van der Waals surface area (Å²) in [6.07, 6.45) is 6.45. The van der Waals surface area contributed by atoms with Crippen molar-refractivity contribution in [2.75, 3.05) is 0 Å². The standard InChI is InChI=1S/C12H16FNO/c1-9-4-2-3-5-11(9)15-10-6-7-14-12(13)8-10/h6-9,11H,2-5H2,1H3. The molecule has 0 radical (unpaired) electrons. The van der Waals surface area contributed by atoms with Gasteiger partial charge in [-0.3, -0.25) is 0 Å². The minimum Gasteiger partial charge on any atom is -0.490 e. The van der Waals surface area contributed by atoms with Crippen molar-refractivity contribution in [1.82, 2.24) is 4.98 Å². The van der Waals surface area contributed by atoms with Gasteiger partial charge in [-0.1, -0.05) is 13.3 Å². The molecule has 0 spiro atoms. The molecule has 0 aliphatic heterocycles. The monoisotopic (exact) mass is 209 g/mol. The third-order valence-electron chi connectivity index (χ3n) is 3.02. The summed E-state index contributed by atoms with van der Waals surface area (Å²) in [4.78, 5) is 3.51. The zero-order valence-electron chi connectivity index (χ0n) is 8.95. The first kappa shape index (κ1) is 10.4. The van der Waals surface area contributed by atoms with Crippen molar-refractivity contribution >= 4 is 0 Å². The number of rotatable bonds is 2. The first-order valence-corrected chi connectivity index (χ1v) is 5.54. The van der Waals surface area contributed by atoms with Crippen LogP contribution in [0.4, 0.5) is 4.39 Å². The topological polar surface area (TPSA) is 22.1 Å². The van der Waals surface area contributed by atoms with Gasteiger partial charge in [-0.25, -0.2) is 4.98 Å². The van der Waals surface area contributed by atoms with E-state index < -0.39 is 5.95 Å². The zero-order chi connectivity index (χ0) is 10.7. The summed E-state index contributed by atoms with van der Waals surface area (Å²) in [7, 11) is 0. The first-order valence-electron chi connectivity index (χ1n) is 5.54. The third-order valence-corrected chi connectivity index (χ3v) is 3.02. The zero-order valence-corrected chi connectivity index (χ0v) is 8.95. The van der Waals surface area contributed by atoms with Crippen molar-refractivity contribution in [3.8, 4) is 5.75 Å². The Morgan fingerprint density at radius 2 is 2.20 bits per heavy atom. The maximum atomic E-state index is 12.8. The van der Waals surface area contributed by atoms with E-state index in [4.69, 9.17) is 4.74 Å². The van der Waals surface area contributed by atoms with Gasteiger partial charge in [0, 0.05) is 12.3 Å². The van der Waals surface area contributed by atoms with Crippen molar-refractivity contribution in [3.05, 3.63) is 24.3 Å².